The summed E-state index contributed by atoms with van der Waals surface area (Å²) in [7, 11) is 0. The zero-order valence-corrected chi connectivity index (χ0v) is 13.0. The van der Waals surface area contributed by atoms with Crippen molar-refractivity contribution in [3.63, 3.8) is 0 Å². The molecule has 2 heterocycles. The molecule has 0 unspecified atom stereocenters. The van der Waals surface area contributed by atoms with E-state index in [4.69, 9.17) is 4.74 Å². The van der Waals surface area contributed by atoms with Crippen LogP contribution >= 0.6 is 0 Å². The molecule has 5 nitrogen and oxygen atoms in total. The normalized spacial score (nSPS) is 21.2. The summed E-state index contributed by atoms with van der Waals surface area (Å²) in [6, 6.07) is 9.72. The number of amides is 2. The lowest BCUT2D eigenvalue weighted by atomic mass is 9.89. The van der Waals surface area contributed by atoms with Crippen molar-refractivity contribution < 1.29 is 14.3 Å². The topological polar surface area (TPSA) is 49.9 Å². The zero-order chi connectivity index (χ0) is 15.6. The highest BCUT2D eigenvalue weighted by atomic mass is 16.5. The number of anilines is 1. The van der Waals surface area contributed by atoms with Gasteiger partial charge >= 0.3 is 0 Å². The molecule has 5 heteroatoms. The van der Waals surface area contributed by atoms with Crippen LogP contribution in [0.4, 0.5) is 5.69 Å². The van der Waals surface area contributed by atoms with Crippen molar-refractivity contribution in [1.82, 2.24) is 4.90 Å². The number of morpholine rings is 1. The number of hydrogen-bond donors (Lipinski definition) is 0. The van der Waals surface area contributed by atoms with Crippen LogP contribution < -0.4 is 4.90 Å². The van der Waals surface area contributed by atoms with Crippen LogP contribution in [0.1, 0.15) is 26.2 Å². The van der Waals surface area contributed by atoms with E-state index in [-0.39, 0.29) is 24.0 Å². The summed E-state index contributed by atoms with van der Waals surface area (Å²) in [6.45, 7) is 4.01. The molecule has 2 fully saturated rings. The summed E-state index contributed by atoms with van der Waals surface area (Å²) in [6.07, 6.45) is 2.12. The minimum absolute atomic E-state index is 0.00360. The highest BCUT2D eigenvalue weighted by Crippen LogP contribution is 2.32. The summed E-state index contributed by atoms with van der Waals surface area (Å²) in [5, 5.41) is 0. The van der Waals surface area contributed by atoms with Crippen LogP contribution in [0, 0.1) is 0 Å². The second-order valence-corrected chi connectivity index (χ2v) is 6.02. The Morgan fingerprint density at radius 3 is 2.55 bits per heavy atom. The Bertz CT molecular complexity index is 550. The van der Waals surface area contributed by atoms with Crippen LogP contribution in [0.25, 0.3) is 0 Å². The fourth-order valence-corrected chi connectivity index (χ4v) is 3.25. The predicted octanol–water partition coefficient (Wildman–Crippen LogP) is 1.82. The van der Waals surface area contributed by atoms with Gasteiger partial charge in [0.1, 0.15) is 6.61 Å². The van der Waals surface area contributed by atoms with E-state index < -0.39 is 0 Å². The quantitative estimate of drug-likeness (QED) is 0.837. The van der Waals surface area contributed by atoms with Gasteiger partial charge in [-0.3, -0.25) is 9.59 Å². The lowest BCUT2D eigenvalue weighted by Gasteiger charge is -2.47. The van der Waals surface area contributed by atoms with Gasteiger partial charge in [-0.05, 0) is 25.0 Å². The Balaban J connectivity index is 1.71. The van der Waals surface area contributed by atoms with Crippen LogP contribution in [-0.2, 0) is 14.3 Å². The van der Waals surface area contributed by atoms with Crippen molar-refractivity contribution >= 4 is 17.5 Å². The van der Waals surface area contributed by atoms with Crippen molar-refractivity contribution in [2.75, 3.05) is 31.1 Å². The molecule has 0 aliphatic carbocycles. The van der Waals surface area contributed by atoms with E-state index in [2.05, 4.69) is 0 Å². The monoisotopic (exact) mass is 302 g/mol. The highest BCUT2D eigenvalue weighted by Gasteiger charge is 2.43. The van der Waals surface area contributed by atoms with Gasteiger partial charge in [0.2, 0.25) is 5.91 Å². The molecule has 2 aliphatic heterocycles. The minimum Gasteiger partial charge on any atom is -0.363 e. The summed E-state index contributed by atoms with van der Waals surface area (Å²) < 4.78 is 5.90. The molecule has 1 spiro atoms. The number of carbonyl (C=O) groups excluding carboxylic acids is 2. The van der Waals surface area contributed by atoms with Gasteiger partial charge in [0.15, 0.2) is 0 Å². The molecule has 1 aromatic carbocycles. The third-order valence-electron chi connectivity index (χ3n) is 4.65. The van der Waals surface area contributed by atoms with Crippen molar-refractivity contribution in [1.29, 1.82) is 0 Å². The number of likely N-dealkylation sites (tertiary alicyclic amines) is 1. The molecule has 2 amide bonds. The molecular weight excluding hydrogens is 280 g/mol. The van der Waals surface area contributed by atoms with Gasteiger partial charge < -0.3 is 14.5 Å². The van der Waals surface area contributed by atoms with Crippen LogP contribution in [0.2, 0.25) is 0 Å². The number of benzene rings is 1. The van der Waals surface area contributed by atoms with E-state index in [1.807, 2.05) is 47.1 Å². The summed E-state index contributed by atoms with van der Waals surface area (Å²) in [5.41, 5.74) is 0.608. The zero-order valence-electron chi connectivity index (χ0n) is 13.0. The van der Waals surface area contributed by atoms with Crippen molar-refractivity contribution in [2.24, 2.45) is 0 Å². The lowest BCUT2D eigenvalue weighted by molar-refractivity contribution is -0.150. The van der Waals surface area contributed by atoms with Crippen molar-refractivity contribution in [2.45, 2.75) is 31.8 Å². The number of piperidine rings is 1. The smallest absolute Gasteiger partial charge is 0.253 e. The van der Waals surface area contributed by atoms with E-state index in [0.29, 0.717) is 26.1 Å². The average molecular weight is 302 g/mol. The fraction of sp³-hybridized carbons (Fsp3) is 0.529. The highest BCUT2D eigenvalue weighted by molar-refractivity contribution is 5.95. The maximum Gasteiger partial charge on any atom is 0.253 e. The first-order valence-corrected chi connectivity index (χ1v) is 7.91. The SMILES string of the molecule is CCC(=O)N1CCC2(CC1)CN(c1ccccc1)C(=O)CO2. The predicted molar refractivity (Wildman–Crippen MR) is 83.6 cm³/mol. The number of ether oxygens (including phenoxy) is 1. The molecule has 2 aliphatic rings. The maximum absolute atomic E-state index is 12.2. The Morgan fingerprint density at radius 2 is 1.91 bits per heavy atom. The Morgan fingerprint density at radius 1 is 1.23 bits per heavy atom. The molecule has 0 atom stereocenters. The summed E-state index contributed by atoms with van der Waals surface area (Å²) in [5.74, 6) is 0.200. The molecule has 0 bridgehead atoms. The van der Waals surface area contributed by atoms with E-state index in [0.717, 1.165) is 18.5 Å². The van der Waals surface area contributed by atoms with Crippen molar-refractivity contribution in [3.8, 4) is 0 Å². The molecule has 2 saturated heterocycles. The van der Waals surface area contributed by atoms with E-state index in [9.17, 15) is 9.59 Å². The second-order valence-electron chi connectivity index (χ2n) is 6.02. The third-order valence-corrected chi connectivity index (χ3v) is 4.65. The van der Waals surface area contributed by atoms with Gasteiger partial charge in [-0.25, -0.2) is 0 Å². The molecular formula is C17H22N2O3. The summed E-state index contributed by atoms with van der Waals surface area (Å²) >= 11 is 0. The lowest BCUT2D eigenvalue weighted by Crippen LogP contribution is -2.59. The van der Waals surface area contributed by atoms with E-state index in [1.165, 1.54) is 0 Å². The molecule has 0 radical (unpaired) electrons. The van der Waals surface area contributed by atoms with E-state index >= 15 is 0 Å². The van der Waals surface area contributed by atoms with Gasteiger partial charge in [0.25, 0.3) is 5.91 Å². The number of hydrogen-bond acceptors (Lipinski definition) is 3. The molecule has 0 N–H and O–H groups in total. The maximum atomic E-state index is 12.2. The Kier molecular flexibility index (Phi) is 4.16. The molecule has 1 aromatic rings. The number of rotatable bonds is 2. The first-order chi connectivity index (χ1) is 10.6. The number of nitrogens with zero attached hydrogens (tertiary/aromatic N) is 2. The Hall–Kier alpha value is -1.88. The van der Waals surface area contributed by atoms with Gasteiger partial charge in [-0.2, -0.15) is 0 Å². The van der Waals surface area contributed by atoms with Crippen LogP contribution in [-0.4, -0.2) is 48.6 Å². The van der Waals surface area contributed by atoms with Gasteiger partial charge in [-0.15, -0.1) is 0 Å². The first-order valence-electron chi connectivity index (χ1n) is 7.91. The third kappa shape index (κ3) is 2.86. The van der Waals surface area contributed by atoms with Crippen LogP contribution in [0.15, 0.2) is 30.3 Å². The minimum atomic E-state index is -0.311. The van der Waals surface area contributed by atoms with Crippen LogP contribution in [0.3, 0.4) is 0 Å². The Labute approximate surface area is 130 Å². The van der Waals surface area contributed by atoms with Gasteiger partial charge in [0.05, 0.1) is 12.1 Å². The first kappa shape index (κ1) is 15.0. The second kappa shape index (κ2) is 6.08. The average Bonchev–Trinajstić information content (AvgIpc) is 2.58. The van der Waals surface area contributed by atoms with Crippen LogP contribution in [0.5, 0.6) is 0 Å². The molecule has 22 heavy (non-hydrogen) atoms. The largest absolute Gasteiger partial charge is 0.363 e. The van der Waals surface area contributed by atoms with E-state index in [1.54, 1.807) is 0 Å². The molecule has 3 rings (SSSR count). The standard InChI is InChI=1S/C17H22N2O3/c1-2-15(20)18-10-8-17(9-11-18)13-19(16(21)12-22-17)14-6-4-3-5-7-14/h3-7H,2,8-13H2,1H3. The summed E-state index contributed by atoms with van der Waals surface area (Å²) in [4.78, 5) is 27.7. The van der Waals surface area contributed by atoms with Gasteiger partial charge in [-0.1, -0.05) is 25.1 Å². The fourth-order valence-electron chi connectivity index (χ4n) is 3.25. The van der Waals surface area contributed by atoms with Crippen molar-refractivity contribution in [3.05, 3.63) is 30.3 Å². The molecule has 118 valence electrons. The van der Waals surface area contributed by atoms with Gasteiger partial charge in [0, 0.05) is 25.2 Å². The molecule has 0 saturated carbocycles. The molecule has 0 aromatic heterocycles. The number of para-hydroxylation sites is 1. The number of carbonyl (C=O) groups is 2.